The van der Waals surface area contributed by atoms with Gasteiger partial charge < -0.3 is 5.11 Å². The van der Waals surface area contributed by atoms with Crippen molar-refractivity contribution in [2.24, 2.45) is 11.3 Å². The molecule has 0 aromatic heterocycles. The highest BCUT2D eigenvalue weighted by Gasteiger charge is 2.32. The summed E-state index contributed by atoms with van der Waals surface area (Å²) < 4.78 is 0. The van der Waals surface area contributed by atoms with Crippen molar-refractivity contribution in [1.29, 1.82) is 0 Å². The van der Waals surface area contributed by atoms with E-state index in [0.29, 0.717) is 5.92 Å². The number of rotatable bonds is 3. The van der Waals surface area contributed by atoms with Crippen LogP contribution in [0.5, 0.6) is 0 Å². The summed E-state index contributed by atoms with van der Waals surface area (Å²) in [6.45, 7) is 7.93. The van der Waals surface area contributed by atoms with Gasteiger partial charge in [0.2, 0.25) is 0 Å². The quantitative estimate of drug-likeness (QED) is 0.665. The minimum absolute atomic E-state index is 0.123. The van der Waals surface area contributed by atoms with E-state index in [0.717, 1.165) is 0 Å². The van der Waals surface area contributed by atoms with E-state index >= 15 is 0 Å². The lowest BCUT2D eigenvalue weighted by molar-refractivity contribution is 0.0127. The smallest absolute Gasteiger partial charge is 0.0653 e. The van der Waals surface area contributed by atoms with Crippen molar-refractivity contribution in [2.75, 3.05) is 0 Å². The zero-order valence-corrected chi connectivity index (χ0v) is 8.92. The van der Waals surface area contributed by atoms with E-state index in [1.807, 2.05) is 6.08 Å². The van der Waals surface area contributed by atoms with Crippen LogP contribution in [0.2, 0.25) is 0 Å². The Kier molecular flexibility index (Phi) is 3.55. The van der Waals surface area contributed by atoms with E-state index in [9.17, 15) is 5.11 Å². The zero-order valence-electron chi connectivity index (χ0n) is 8.92. The third-order valence-electron chi connectivity index (χ3n) is 3.38. The van der Waals surface area contributed by atoms with Gasteiger partial charge in [-0.25, -0.2) is 0 Å². The number of aliphatic hydroxyl groups is 1. The van der Waals surface area contributed by atoms with E-state index < -0.39 is 0 Å². The fourth-order valence-electron chi connectivity index (χ4n) is 2.18. The van der Waals surface area contributed by atoms with Gasteiger partial charge in [-0.2, -0.15) is 0 Å². The van der Waals surface area contributed by atoms with Crippen LogP contribution in [0.1, 0.15) is 46.0 Å². The maximum Gasteiger partial charge on any atom is 0.0653 e. The molecule has 0 spiro atoms. The van der Waals surface area contributed by atoms with Crippen LogP contribution in [0.15, 0.2) is 12.7 Å². The zero-order chi connectivity index (χ0) is 9.90. The monoisotopic (exact) mass is 182 g/mol. The van der Waals surface area contributed by atoms with Gasteiger partial charge in [-0.05, 0) is 18.8 Å². The molecule has 1 aliphatic rings. The summed E-state index contributed by atoms with van der Waals surface area (Å²) in [5.41, 5.74) is -0.123. The van der Waals surface area contributed by atoms with Crippen molar-refractivity contribution in [3.8, 4) is 0 Å². The molecule has 1 rings (SSSR count). The Morgan fingerprint density at radius 2 is 1.85 bits per heavy atom. The lowest BCUT2D eigenvalue weighted by Gasteiger charge is -2.35. The molecule has 1 saturated carbocycles. The van der Waals surface area contributed by atoms with Crippen LogP contribution in [0.3, 0.4) is 0 Å². The number of hydrogen-bond donors (Lipinski definition) is 1. The predicted molar refractivity (Wildman–Crippen MR) is 56.6 cm³/mol. The van der Waals surface area contributed by atoms with Crippen LogP contribution in [0.4, 0.5) is 0 Å². The largest absolute Gasteiger partial charge is 0.392 e. The van der Waals surface area contributed by atoms with Crippen molar-refractivity contribution in [1.82, 2.24) is 0 Å². The fraction of sp³-hybridized carbons (Fsp3) is 0.833. The van der Waals surface area contributed by atoms with E-state index in [4.69, 9.17) is 0 Å². The Morgan fingerprint density at radius 3 is 2.31 bits per heavy atom. The van der Waals surface area contributed by atoms with Crippen LogP contribution in [-0.2, 0) is 0 Å². The van der Waals surface area contributed by atoms with Crippen molar-refractivity contribution in [2.45, 2.75) is 52.1 Å². The van der Waals surface area contributed by atoms with Gasteiger partial charge in [0.15, 0.2) is 0 Å². The minimum Gasteiger partial charge on any atom is -0.392 e. The third kappa shape index (κ3) is 2.57. The Bertz CT molecular complexity index is 166. The topological polar surface area (TPSA) is 20.2 Å². The first-order valence-electron chi connectivity index (χ1n) is 5.39. The van der Waals surface area contributed by atoms with Gasteiger partial charge in [-0.15, -0.1) is 6.58 Å². The first-order valence-corrected chi connectivity index (χ1v) is 5.39. The second-order valence-corrected chi connectivity index (χ2v) is 4.87. The molecule has 1 aliphatic carbocycles. The summed E-state index contributed by atoms with van der Waals surface area (Å²) in [7, 11) is 0. The summed E-state index contributed by atoms with van der Waals surface area (Å²) in [5.74, 6) is 0.502. The predicted octanol–water partition coefficient (Wildman–Crippen LogP) is 3.14. The molecule has 1 fully saturated rings. The average molecular weight is 182 g/mol. The molecular formula is C12H22O. The van der Waals surface area contributed by atoms with E-state index in [1.54, 1.807) is 0 Å². The average Bonchev–Trinajstić information content (AvgIpc) is 2.18. The maximum absolute atomic E-state index is 10.1. The molecule has 1 nitrogen and oxygen atoms in total. The van der Waals surface area contributed by atoms with Crippen LogP contribution >= 0.6 is 0 Å². The standard InChI is InChI=1S/C12H22O/c1-4-12(2,3)11(13)10-8-6-5-7-9-10/h4,10-11,13H,1,5-9H2,2-3H3. The molecule has 1 atom stereocenters. The molecule has 0 aliphatic heterocycles. The maximum atomic E-state index is 10.1. The summed E-state index contributed by atoms with van der Waals surface area (Å²) in [6, 6.07) is 0. The lowest BCUT2D eigenvalue weighted by atomic mass is 9.74. The number of aliphatic hydroxyl groups excluding tert-OH is 1. The van der Waals surface area contributed by atoms with Crippen LogP contribution in [0.25, 0.3) is 0 Å². The molecule has 1 heteroatoms. The molecule has 0 amide bonds. The Hall–Kier alpha value is -0.300. The van der Waals surface area contributed by atoms with Crippen LogP contribution in [0, 0.1) is 11.3 Å². The summed E-state index contributed by atoms with van der Waals surface area (Å²) in [6.07, 6.45) is 7.98. The lowest BCUT2D eigenvalue weighted by Crippen LogP contribution is -2.35. The molecule has 76 valence electrons. The molecule has 0 radical (unpaired) electrons. The fourth-order valence-corrected chi connectivity index (χ4v) is 2.18. The molecule has 13 heavy (non-hydrogen) atoms. The van der Waals surface area contributed by atoms with Crippen LogP contribution in [-0.4, -0.2) is 11.2 Å². The molecule has 0 aromatic carbocycles. The first-order chi connectivity index (χ1) is 6.08. The van der Waals surface area contributed by atoms with Crippen molar-refractivity contribution in [3.05, 3.63) is 12.7 Å². The van der Waals surface area contributed by atoms with Crippen LogP contribution < -0.4 is 0 Å². The second kappa shape index (κ2) is 4.28. The highest BCUT2D eigenvalue weighted by Crippen LogP contribution is 2.35. The first kappa shape index (κ1) is 10.8. The minimum atomic E-state index is -0.203. The third-order valence-corrected chi connectivity index (χ3v) is 3.38. The van der Waals surface area contributed by atoms with Gasteiger partial charge in [-0.3, -0.25) is 0 Å². The molecule has 0 bridgehead atoms. The Labute approximate surface area is 81.9 Å². The van der Waals surface area contributed by atoms with Crippen molar-refractivity contribution in [3.63, 3.8) is 0 Å². The molecule has 0 saturated heterocycles. The van der Waals surface area contributed by atoms with E-state index in [1.165, 1.54) is 32.1 Å². The van der Waals surface area contributed by atoms with Crippen molar-refractivity contribution < 1.29 is 5.11 Å². The SMILES string of the molecule is C=CC(C)(C)C(O)C1CCCCC1. The second-order valence-electron chi connectivity index (χ2n) is 4.87. The summed E-state index contributed by atoms with van der Waals surface area (Å²) in [5, 5.41) is 10.1. The number of hydrogen-bond acceptors (Lipinski definition) is 1. The van der Waals surface area contributed by atoms with Gasteiger partial charge in [0.25, 0.3) is 0 Å². The van der Waals surface area contributed by atoms with Gasteiger partial charge >= 0.3 is 0 Å². The molecule has 0 aromatic rings. The molecule has 0 heterocycles. The van der Waals surface area contributed by atoms with Gasteiger partial charge in [0.05, 0.1) is 6.10 Å². The van der Waals surface area contributed by atoms with Gasteiger partial charge in [0, 0.05) is 5.41 Å². The van der Waals surface area contributed by atoms with Gasteiger partial charge in [0.1, 0.15) is 0 Å². The highest BCUT2D eigenvalue weighted by molar-refractivity contribution is 4.96. The summed E-state index contributed by atoms with van der Waals surface area (Å²) >= 11 is 0. The van der Waals surface area contributed by atoms with E-state index in [2.05, 4.69) is 20.4 Å². The highest BCUT2D eigenvalue weighted by atomic mass is 16.3. The molecular weight excluding hydrogens is 160 g/mol. The molecule has 1 N–H and O–H groups in total. The van der Waals surface area contributed by atoms with Crippen molar-refractivity contribution >= 4 is 0 Å². The van der Waals surface area contributed by atoms with E-state index in [-0.39, 0.29) is 11.5 Å². The molecule has 1 unspecified atom stereocenters. The normalized spacial score (nSPS) is 22.7. The Balaban J connectivity index is 2.54. The van der Waals surface area contributed by atoms with Gasteiger partial charge in [-0.1, -0.05) is 39.2 Å². The summed E-state index contributed by atoms with van der Waals surface area (Å²) in [4.78, 5) is 0. The Morgan fingerprint density at radius 1 is 1.31 bits per heavy atom.